The first-order valence-electron chi connectivity index (χ1n) is 6.76. The average Bonchev–Trinajstić information content (AvgIpc) is 2.68. The Bertz CT molecular complexity index is 534. The van der Waals surface area contributed by atoms with Crippen LogP contribution in [0.2, 0.25) is 0 Å². The minimum atomic E-state index is -3.51. The smallest absolute Gasteiger partial charge is 0.262 e. The van der Waals surface area contributed by atoms with Gasteiger partial charge in [0.05, 0.1) is 0 Å². The summed E-state index contributed by atoms with van der Waals surface area (Å²) in [6.07, 6.45) is 4.55. The minimum absolute atomic E-state index is 0.0978. The molecule has 0 spiro atoms. The Balaban J connectivity index is 2.32. The van der Waals surface area contributed by atoms with Crippen LogP contribution in [0.5, 0.6) is 0 Å². The molecule has 0 aromatic carbocycles. The van der Waals surface area contributed by atoms with Gasteiger partial charge in [-0.3, -0.25) is 0 Å². The zero-order chi connectivity index (χ0) is 14.0. The fraction of sp³-hybridized carbons (Fsp3) is 0.750. The molecule has 1 aromatic heterocycles. The predicted molar refractivity (Wildman–Crippen MR) is 73.2 cm³/mol. The summed E-state index contributed by atoms with van der Waals surface area (Å²) in [6, 6.07) is 0.0978. The van der Waals surface area contributed by atoms with E-state index in [1.807, 2.05) is 18.4 Å². The number of hydrogen-bond acceptors (Lipinski definition) is 4. The summed E-state index contributed by atoms with van der Waals surface area (Å²) in [4.78, 5) is 4.19. The van der Waals surface area contributed by atoms with Crippen LogP contribution in [-0.4, -0.2) is 41.4 Å². The molecule has 0 aliphatic heterocycles. The van der Waals surface area contributed by atoms with Crippen molar-refractivity contribution >= 4 is 10.0 Å². The first kappa shape index (κ1) is 14.5. The largest absolute Gasteiger partial charge is 0.334 e. The van der Waals surface area contributed by atoms with Gasteiger partial charge in [-0.05, 0) is 26.7 Å². The lowest BCUT2D eigenvalue weighted by Crippen LogP contribution is -2.46. The average molecular weight is 286 g/mol. The van der Waals surface area contributed by atoms with Crippen LogP contribution in [-0.2, 0) is 16.6 Å². The summed E-state index contributed by atoms with van der Waals surface area (Å²) < 4.78 is 28.6. The van der Waals surface area contributed by atoms with Gasteiger partial charge in [-0.1, -0.05) is 6.42 Å². The van der Waals surface area contributed by atoms with Crippen molar-refractivity contribution in [3.8, 4) is 0 Å². The summed E-state index contributed by atoms with van der Waals surface area (Å²) in [5.41, 5.74) is 5.55. The highest BCUT2D eigenvalue weighted by Gasteiger charge is 2.35. The zero-order valence-corrected chi connectivity index (χ0v) is 12.4. The van der Waals surface area contributed by atoms with Gasteiger partial charge >= 0.3 is 0 Å². The van der Waals surface area contributed by atoms with Crippen molar-refractivity contribution in [2.24, 2.45) is 5.73 Å². The Morgan fingerprint density at radius 3 is 2.63 bits per heavy atom. The molecule has 0 amide bonds. The topological polar surface area (TPSA) is 81.2 Å². The second-order valence-corrected chi connectivity index (χ2v) is 6.74. The van der Waals surface area contributed by atoms with Crippen LogP contribution in [0, 0.1) is 6.92 Å². The Kier molecular flexibility index (Phi) is 4.27. The van der Waals surface area contributed by atoms with Gasteiger partial charge in [0, 0.05) is 31.9 Å². The van der Waals surface area contributed by atoms with Gasteiger partial charge in [0.1, 0.15) is 5.82 Å². The Labute approximate surface area is 114 Å². The van der Waals surface area contributed by atoms with E-state index in [1.54, 1.807) is 6.20 Å². The third-order valence-corrected chi connectivity index (χ3v) is 5.52. The fourth-order valence-electron chi connectivity index (χ4n) is 2.34. The summed E-state index contributed by atoms with van der Waals surface area (Å²) in [5.74, 6) is 0.724. The van der Waals surface area contributed by atoms with E-state index in [-0.39, 0.29) is 11.1 Å². The molecule has 2 N–H and O–H groups in total. The number of aromatic nitrogens is 2. The number of sulfonamides is 1. The maximum Gasteiger partial charge on any atom is 0.262 e. The van der Waals surface area contributed by atoms with Gasteiger partial charge in [-0.2, -0.15) is 4.31 Å². The highest BCUT2D eigenvalue weighted by Crippen LogP contribution is 2.29. The monoisotopic (exact) mass is 286 g/mol. The van der Waals surface area contributed by atoms with Crippen molar-refractivity contribution < 1.29 is 8.42 Å². The summed E-state index contributed by atoms with van der Waals surface area (Å²) in [5, 5.41) is 0.146. The predicted octanol–water partition coefficient (Wildman–Crippen LogP) is 0.713. The third kappa shape index (κ3) is 2.68. The van der Waals surface area contributed by atoms with Gasteiger partial charge in [0.25, 0.3) is 10.0 Å². The Morgan fingerprint density at radius 2 is 2.21 bits per heavy atom. The molecule has 1 aliphatic carbocycles. The summed E-state index contributed by atoms with van der Waals surface area (Å²) >= 11 is 0. The second kappa shape index (κ2) is 5.60. The van der Waals surface area contributed by atoms with Gasteiger partial charge in [-0.25, -0.2) is 13.4 Å². The molecule has 6 nitrogen and oxygen atoms in total. The number of nitrogens with zero attached hydrogens (tertiary/aromatic N) is 3. The minimum Gasteiger partial charge on any atom is -0.334 e. The maximum atomic E-state index is 12.6. The molecule has 0 radical (unpaired) electrons. The first-order chi connectivity index (χ1) is 9.00. The van der Waals surface area contributed by atoms with Crippen LogP contribution in [0.4, 0.5) is 0 Å². The molecule has 1 fully saturated rings. The fourth-order valence-corrected chi connectivity index (χ4v) is 4.04. The highest BCUT2D eigenvalue weighted by molar-refractivity contribution is 7.89. The van der Waals surface area contributed by atoms with Crippen molar-refractivity contribution in [2.45, 2.75) is 50.7 Å². The molecule has 108 valence electrons. The quantitative estimate of drug-likeness (QED) is 0.835. The molecule has 1 aromatic rings. The molecule has 1 aliphatic rings. The van der Waals surface area contributed by atoms with E-state index in [1.165, 1.54) is 4.31 Å². The van der Waals surface area contributed by atoms with E-state index < -0.39 is 10.0 Å². The first-order valence-corrected chi connectivity index (χ1v) is 8.20. The van der Waals surface area contributed by atoms with E-state index >= 15 is 0 Å². The lowest BCUT2D eigenvalue weighted by Gasteiger charge is -2.35. The van der Waals surface area contributed by atoms with Crippen LogP contribution < -0.4 is 5.73 Å². The number of imidazole rings is 1. The highest BCUT2D eigenvalue weighted by atomic mass is 32.2. The van der Waals surface area contributed by atoms with E-state index in [2.05, 4.69) is 4.98 Å². The van der Waals surface area contributed by atoms with Crippen molar-refractivity contribution in [1.29, 1.82) is 0 Å². The normalized spacial score (nSPS) is 16.8. The van der Waals surface area contributed by atoms with Crippen LogP contribution >= 0.6 is 0 Å². The van der Waals surface area contributed by atoms with Crippen LogP contribution in [0.25, 0.3) is 0 Å². The molecule has 0 saturated heterocycles. The van der Waals surface area contributed by atoms with Crippen molar-refractivity contribution in [1.82, 2.24) is 13.9 Å². The van der Waals surface area contributed by atoms with Gasteiger partial charge in [-0.15, -0.1) is 0 Å². The lowest BCUT2D eigenvalue weighted by molar-refractivity contribution is 0.222. The van der Waals surface area contributed by atoms with Crippen molar-refractivity contribution in [3.63, 3.8) is 0 Å². The van der Waals surface area contributed by atoms with Gasteiger partial charge in [0.15, 0.2) is 5.03 Å². The van der Waals surface area contributed by atoms with Gasteiger partial charge < -0.3 is 10.3 Å². The standard InChI is InChI=1S/C12H22N4O2S/c1-3-15-9-12(14-10(15)2)19(17,18)16(8-7-13)11-5-4-6-11/h9,11H,3-8,13H2,1-2H3. The number of nitrogens with two attached hydrogens (primary N) is 1. The van der Waals surface area contributed by atoms with Crippen LogP contribution in [0.15, 0.2) is 11.2 Å². The summed E-state index contributed by atoms with van der Waals surface area (Å²) in [6.45, 7) is 5.21. The second-order valence-electron chi connectivity index (χ2n) is 4.90. The Morgan fingerprint density at radius 1 is 1.53 bits per heavy atom. The molecule has 0 bridgehead atoms. The van der Waals surface area contributed by atoms with E-state index in [4.69, 9.17) is 5.73 Å². The molecule has 1 heterocycles. The van der Waals surface area contributed by atoms with Crippen molar-refractivity contribution in [2.75, 3.05) is 13.1 Å². The van der Waals surface area contributed by atoms with Crippen molar-refractivity contribution in [3.05, 3.63) is 12.0 Å². The molecule has 1 saturated carbocycles. The molecule has 2 rings (SSSR count). The number of rotatable bonds is 6. The number of aryl methyl sites for hydroxylation is 2. The van der Waals surface area contributed by atoms with Crippen LogP contribution in [0.1, 0.15) is 32.0 Å². The number of hydrogen-bond donors (Lipinski definition) is 1. The summed E-state index contributed by atoms with van der Waals surface area (Å²) in [7, 11) is -3.51. The maximum absolute atomic E-state index is 12.6. The van der Waals surface area contributed by atoms with E-state index in [0.717, 1.165) is 25.1 Å². The Hall–Kier alpha value is -0.920. The molecular formula is C12H22N4O2S. The zero-order valence-electron chi connectivity index (χ0n) is 11.5. The molecule has 0 unspecified atom stereocenters. The van der Waals surface area contributed by atoms with Gasteiger partial charge in [0.2, 0.25) is 0 Å². The lowest BCUT2D eigenvalue weighted by atomic mass is 9.93. The van der Waals surface area contributed by atoms with Crippen LogP contribution in [0.3, 0.4) is 0 Å². The molecular weight excluding hydrogens is 264 g/mol. The SMILES string of the molecule is CCn1cc(S(=O)(=O)N(CCN)C2CCC2)nc1C. The molecule has 19 heavy (non-hydrogen) atoms. The third-order valence-electron chi connectivity index (χ3n) is 3.70. The molecule has 0 atom stereocenters. The van der Waals surface area contributed by atoms with E-state index in [0.29, 0.717) is 19.6 Å². The molecule has 7 heteroatoms. The van der Waals surface area contributed by atoms with E-state index in [9.17, 15) is 8.42 Å².